The molecule has 0 saturated carbocycles. The zero-order valence-corrected chi connectivity index (χ0v) is 10.6. The van der Waals surface area contributed by atoms with Gasteiger partial charge in [-0.3, -0.25) is 4.79 Å². The number of amides is 1. The van der Waals surface area contributed by atoms with E-state index in [0.717, 1.165) is 6.54 Å². The molecule has 5 heteroatoms. The van der Waals surface area contributed by atoms with Gasteiger partial charge in [0.1, 0.15) is 11.6 Å². The fourth-order valence-electron chi connectivity index (χ4n) is 2.13. The monoisotopic (exact) mass is 252 g/mol. The molecule has 0 aromatic heterocycles. The molecule has 0 aliphatic carbocycles. The van der Waals surface area contributed by atoms with E-state index in [4.69, 9.17) is 4.74 Å². The van der Waals surface area contributed by atoms with Crippen molar-refractivity contribution in [3.05, 3.63) is 29.6 Å². The van der Waals surface area contributed by atoms with Gasteiger partial charge in [0.25, 0.3) is 5.91 Å². The van der Waals surface area contributed by atoms with Crippen LogP contribution in [0.1, 0.15) is 17.3 Å². The number of halogens is 1. The Morgan fingerprint density at radius 1 is 1.56 bits per heavy atom. The summed E-state index contributed by atoms with van der Waals surface area (Å²) in [5, 5.41) is 3.26. The van der Waals surface area contributed by atoms with Gasteiger partial charge in [0, 0.05) is 25.7 Å². The zero-order chi connectivity index (χ0) is 13.1. The van der Waals surface area contributed by atoms with Crippen LogP contribution in [0.3, 0.4) is 0 Å². The Morgan fingerprint density at radius 2 is 2.33 bits per heavy atom. The Bertz CT molecular complexity index is 451. The number of ether oxygens (including phenoxy) is 1. The second-order valence-electron chi connectivity index (χ2n) is 4.45. The van der Waals surface area contributed by atoms with Gasteiger partial charge in [-0.1, -0.05) is 0 Å². The summed E-state index contributed by atoms with van der Waals surface area (Å²) in [5.74, 6) is -0.199. The van der Waals surface area contributed by atoms with Crippen molar-refractivity contribution in [2.24, 2.45) is 0 Å². The third-order valence-electron chi connectivity index (χ3n) is 3.05. The molecule has 4 nitrogen and oxygen atoms in total. The highest BCUT2D eigenvalue weighted by atomic mass is 19.1. The number of methoxy groups -OCH3 is 1. The van der Waals surface area contributed by atoms with Crippen LogP contribution in [0.5, 0.6) is 5.75 Å². The second kappa shape index (κ2) is 5.35. The van der Waals surface area contributed by atoms with Crippen molar-refractivity contribution in [3.63, 3.8) is 0 Å². The van der Waals surface area contributed by atoms with Crippen molar-refractivity contribution in [1.29, 1.82) is 0 Å². The van der Waals surface area contributed by atoms with Crippen LogP contribution in [0.25, 0.3) is 0 Å². The molecule has 1 N–H and O–H groups in total. The largest absolute Gasteiger partial charge is 0.496 e. The molecule has 1 aliphatic rings. The van der Waals surface area contributed by atoms with Crippen LogP contribution in [0.2, 0.25) is 0 Å². The predicted octanol–water partition coefficient (Wildman–Crippen LogP) is 1.27. The first-order chi connectivity index (χ1) is 8.61. The van der Waals surface area contributed by atoms with Crippen LogP contribution in [0.15, 0.2) is 18.2 Å². The van der Waals surface area contributed by atoms with E-state index >= 15 is 0 Å². The summed E-state index contributed by atoms with van der Waals surface area (Å²) < 4.78 is 18.4. The zero-order valence-electron chi connectivity index (χ0n) is 10.6. The lowest BCUT2D eigenvalue weighted by Gasteiger charge is -2.32. The average molecular weight is 252 g/mol. The number of carbonyl (C=O) groups excluding carboxylic acids is 1. The maximum atomic E-state index is 13.2. The van der Waals surface area contributed by atoms with Gasteiger partial charge in [-0.05, 0) is 25.1 Å². The molecule has 1 saturated heterocycles. The molecule has 1 fully saturated rings. The molecule has 0 bridgehead atoms. The number of nitrogens with zero attached hydrogens (tertiary/aromatic N) is 1. The molecule has 1 atom stereocenters. The Kier molecular flexibility index (Phi) is 3.81. The Balaban J connectivity index is 2.24. The Morgan fingerprint density at radius 3 is 3.00 bits per heavy atom. The topological polar surface area (TPSA) is 41.6 Å². The minimum Gasteiger partial charge on any atom is -0.496 e. The van der Waals surface area contributed by atoms with E-state index in [1.54, 1.807) is 4.90 Å². The molecule has 1 aromatic carbocycles. The van der Waals surface area contributed by atoms with Crippen molar-refractivity contribution in [1.82, 2.24) is 10.2 Å². The molecule has 1 aromatic rings. The van der Waals surface area contributed by atoms with Crippen LogP contribution in [0.4, 0.5) is 4.39 Å². The molecule has 0 spiro atoms. The summed E-state index contributed by atoms with van der Waals surface area (Å²) in [6.45, 7) is 4.02. The molecule has 2 rings (SSSR count). The number of hydrogen-bond donors (Lipinski definition) is 1. The molecule has 1 aliphatic heterocycles. The van der Waals surface area contributed by atoms with E-state index in [0.29, 0.717) is 18.8 Å². The number of carbonyl (C=O) groups is 1. The third kappa shape index (κ3) is 2.61. The quantitative estimate of drug-likeness (QED) is 0.861. The molecule has 0 radical (unpaired) electrons. The van der Waals surface area contributed by atoms with E-state index < -0.39 is 5.82 Å². The Hall–Kier alpha value is -1.62. The third-order valence-corrected chi connectivity index (χ3v) is 3.05. The van der Waals surface area contributed by atoms with Gasteiger partial charge in [-0.2, -0.15) is 0 Å². The fraction of sp³-hybridized carbons (Fsp3) is 0.462. The summed E-state index contributed by atoms with van der Waals surface area (Å²) in [6, 6.07) is 4.25. The summed E-state index contributed by atoms with van der Waals surface area (Å²) in [4.78, 5) is 14.0. The lowest BCUT2D eigenvalue weighted by molar-refractivity contribution is 0.0705. The average Bonchev–Trinajstić information content (AvgIpc) is 2.38. The van der Waals surface area contributed by atoms with Crippen LogP contribution in [-0.2, 0) is 0 Å². The first-order valence-electron chi connectivity index (χ1n) is 5.98. The highest BCUT2D eigenvalue weighted by Crippen LogP contribution is 2.21. The van der Waals surface area contributed by atoms with Gasteiger partial charge in [-0.25, -0.2) is 4.39 Å². The summed E-state index contributed by atoms with van der Waals surface area (Å²) in [5.41, 5.74) is 0.284. The minimum absolute atomic E-state index is 0.181. The molecule has 98 valence electrons. The highest BCUT2D eigenvalue weighted by Gasteiger charge is 2.24. The standard InChI is InChI=1S/C13H17FN2O2/c1-9-8-16(6-5-15-9)13(17)11-7-10(14)3-4-12(11)18-2/h3-4,7,9,15H,5-6,8H2,1-2H3/t9-/m1/s1. The number of rotatable bonds is 2. The van der Waals surface area contributed by atoms with Gasteiger partial charge in [-0.15, -0.1) is 0 Å². The van der Waals surface area contributed by atoms with E-state index in [-0.39, 0.29) is 17.5 Å². The van der Waals surface area contributed by atoms with Crippen LogP contribution in [-0.4, -0.2) is 43.6 Å². The number of nitrogens with one attached hydrogen (secondary N) is 1. The minimum atomic E-state index is -0.428. The van der Waals surface area contributed by atoms with Crippen molar-refractivity contribution >= 4 is 5.91 Å². The molecule has 1 amide bonds. The van der Waals surface area contributed by atoms with Gasteiger partial charge in [0.2, 0.25) is 0 Å². The lowest BCUT2D eigenvalue weighted by Crippen LogP contribution is -2.51. The number of piperazine rings is 1. The second-order valence-corrected chi connectivity index (χ2v) is 4.45. The molecular formula is C13H17FN2O2. The summed E-state index contributed by atoms with van der Waals surface area (Å²) in [7, 11) is 1.48. The van der Waals surface area contributed by atoms with Gasteiger partial charge in [0.05, 0.1) is 12.7 Å². The predicted molar refractivity (Wildman–Crippen MR) is 66.3 cm³/mol. The maximum Gasteiger partial charge on any atom is 0.257 e. The smallest absolute Gasteiger partial charge is 0.257 e. The first-order valence-corrected chi connectivity index (χ1v) is 5.98. The van der Waals surface area contributed by atoms with Crippen molar-refractivity contribution in [3.8, 4) is 5.75 Å². The van der Waals surface area contributed by atoms with Crippen LogP contribution < -0.4 is 10.1 Å². The van der Waals surface area contributed by atoms with Gasteiger partial charge in [0.15, 0.2) is 0 Å². The van der Waals surface area contributed by atoms with E-state index in [2.05, 4.69) is 5.32 Å². The summed E-state index contributed by atoms with van der Waals surface area (Å²) in [6.07, 6.45) is 0. The van der Waals surface area contributed by atoms with Crippen molar-refractivity contribution < 1.29 is 13.9 Å². The van der Waals surface area contributed by atoms with E-state index in [1.807, 2.05) is 6.92 Å². The Labute approximate surface area is 106 Å². The van der Waals surface area contributed by atoms with E-state index in [1.165, 1.54) is 25.3 Å². The molecule has 18 heavy (non-hydrogen) atoms. The van der Waals surface area contributed by atoms with Gasteiger partial charge >= 0.3 is 0 Å². The van der Waals surface area contributed by atoms with Crippen molar-refractivity contribution in [2.45, 2.75) is 13.0 Å². The molecule has 0 unspecified atom stereocenters. The van der Waals surface area contributed by atoms with Crippen LogP contribution >= 0.6 is 0 Å². The maximum absolute atomic E-state index is 13.2. The first kappa shape index (κ1) is 12.8. The molecular weight excluding hydrogens is 235 g/mol. The number of benzene rings is 1. The van der Waals surface area contributed by atoms with Crippen molar-refractivity contribution in [2.75, 3.05) is 26.7 Å². The number of hydrogen-bond acceptors (Lipinski definition) is 3. The lowest BCUT2D eigenvalue weighted by atomic mass is 10.1. The fourth-order valence-corrected chi connectivity index (χ4v) is 2.13. The highest BCUT2D eigenvalue weighted by molar-refractivity contribution is 5.97. The molecule has 1 heterocycles. The SMILES string of the molecule is COc1ccc(F)cc1C(=O)N1CCN[C@H](C)C1. The normalized spacial score (nSPS) is 19.7. The van der Waals surface area contributed by atoms with E-state index in [9.17, 15) is 9.18 Å². The van der Waals surface area contributed by atoms with Gasteiger partial charge < -0.3 is 15.0 Å². The van der Waals surface area contributed by atoms with Crippen LogP contribution in [0, 0.1) is 5.82 Å². The summed E-state index contributed by atoms with van der Waals surface area (Å²) >= 11 is 0.